The van der Waals surface area contributed by atoms with E-state index in [0.29, 0.717) is 24.5 Å². The number of nitrogens with zero attached hydrogens (tertiary/aromatic N) is 2. The number of carbonyl (C=O) groups excluding carboxylic acids is 1. The van der Waals surface area contributed by atoms with Crippen LogP contribution in [-0.4, -0.2) is 46.0 Å². The van der Waals surface area contributed by atoms with E-state index in [1.807, 2.05) is 41.3 Å². The summed E-state index contributed by atoms with van der Waals surface area (Å²) in [5, 5.41) is 10.4. The molecule has 0 spiro atoms. The standard InChI is InChI=1S/C24H27ClN2O2/c1-24(2,29)13-11-19-7-9-20(10-8-19)17-26-14-12-23(28)27(16-15-26)18-21-5-3-4-6-22(21)25/h3-10,29H,12,14-18H2,1-2H3. The van der Waals surface area contributed by atoms with Gasteiger partial charge in [0.25, 0.3) is 0 Å². The number of hydrogen-bond donors (Lipinski definition) is 1. The highest BCUT2D eigenvalue weighted by Gasteiger charge is 2.21. The highest BCUT2D eigenvalue weighted by atomic mass is 35.5. The van der Waals surface area contributed by atoms with Crippen LogP contribution in [0.2, 0.25) is 5.02 Å². The topological polar surface area (TPSA) is 43.8 Å². The van der Waals surface area contributed by atoms with Crippen LogP contribution >= 0.6 is 11.6 Å². The summed E-state index contributed by atoms with van der Waals surface area (Å²) < 4.78 is 0. The first-order valence-corrected chi connectivity index (χ1v) is 10.3. The van der Waals surface area contributed by atoms with Crippen LogP contribution < -0.4 is 0 Å². The van der Waals surface area contributed by atoms with Crippen molar-refractivity contribution in [1.82, 2.24) is 9.80 Å². The second kappa shape index (κ2) is 9.45. The minimum Gasteiger partial charge on any atom is -0.378 e. The number of aliphatic hydroxyl groups is 1. The number of amides is 1. The lowest BCUT2D eigenvalue weighted by Gasteiger charge is -2.22. The number of halogens is 1. The van der Waals surface area contributed by atoms with Crippen molar-refractivity contribution in [3.63, 3.8) is 0 Å². The quantitative estimate of drug-likeness (QED) is 0.781. The molecule has 1 aliphatic heterocycles. The van der Waals surface area contributed by atoms with E-state index in [2.05, 4.69) is 28.9 Å². The Labute approximate surface area is 178 Å². The summed E-state index contributed by atoms with van der Waals surface area (Å²) in [4.78, 5) is 16.8. The summed E-state index contributed by atoms with van der Waals surface area (Å²) in [5.41, 5.74) is 2.06. The summed E-state index contributed by atoms with van der Waals surface area (Å²) in [7, 11) is 0. The lowest BCUT2D eigenvalue weighted by Crippen LogP contribution is -2.32. The fourth-order valence-corrected chi connectivity index (χ4v) is 3.44. The molecule has 152 valence electrons. The molecule has 2 aromatic carbocycles. The van der Waals surface area contributed by atoms with Crippen LogP contribution in [0.3, 0.4) is 0 Å². The SMILES string of the molecule is CC(C)(O)C#Cc1ccc(CN2CCC(=O)N(Cc3ccccc3Cl)CC2)cc1. The highest BCUT2D eigenvalue weighted by Crippen LogP contribution is 2.19. The molecule has 3 rings (SSSR count). The zero-order valence-electron chi connectivity index (χ0n) is 17.0. The molecule has 1 fully saturated rings. The fraction of sp³-hybridized carbons (Fsp3) is 0.375. The fourth-order valence-electron chi connectivity index (χ4n) is 3.24. The predicted molar refractivity (Wildman–Crippen MR) is 116 cm³/mol. The molecule has 1 amide bonds. The first-order valence-electron chi connectivity index (χ1n) is 9.88. The summed E-state index contributed by atoms with van der Waals surface area (Å²) in [6.07, 6.45) is 0.513. The lowest BCUT2D eigenvalue weighted by atomic mass is 10.1. The average molecular weight is 411 g/mol. The van der Waals surface area contributed by atoms with Crippen LogP contribution in [0.1, 0.15) is 37.0 Å². The maximum Gasteiger partial charge on any atom is 0.224 e. The van der Waals surface area contributed by atoms with Gasteiger partial charge in [-0.25, -0.2) is 0 Å². The van der Waals surface area contributed by atoms with Crippen molar-refractivity contribution in [3.05, 3.63) is 70.2 Å². The number of benzene rings is 2. The van der Waals surface area contributed by atoms with Crippen LogP contribution in [0.4, 0.5) is 0 Å². The van der Waals surface area contributed by atoms with Gasteiger partial charge in [0.1, 0.15) is 5.60 Å². The Morgan fingerprint density at radius 3 is 2.45 bits per heavy atom. The second-order valence-corrected chi connectivity index (χ2v) is 8.35. The van der Waals surface area contributed by atoms with Gasteiger partial charge in [0.15, 0.2) is 0 Å². The summed E-state index contributed by atoms with van der Waals surface area (Å²) in [6, 6.07) is 15.7. The zero-order valence-corrected chi connectivity index (χ0v) is 17.7. The molecule has 0 atom stereocenters. The van der Waals surface area contributed by atoms with Gasteiger partial charge in [-0.1, -0.05) is 53.8 Å². The Bertz CT molecular complexity index is 907. The molecular weight excluding hydrogens is 384 g/mol. The van der Waals surface area contributed by atoms with Crippen molar-refractivity contribution in [2.24, 2.45) is 0 Å². The first-order chi connectivity index (χ1) is 13.8. The number of carbonyl (C=O) groups is 1. The Balaban J connectivity index is 1.58. The monoisotopic (exact) mass is 410 g/mol. The van der Waals surface area contributed by atoms with Crippen molar-refractivity contribution in [2.45, 2.75) is 39.0 Å². The van der Waals surface area contributed by atoms with Crippen molar-refractivity contribution in [3.8, 4) is 11.8 Å². The first kappa shape index (κ1) is 21.4. The second-order valence-electron chi connectivity index (χ2n) is 7.94. The largest absolute Gasteiger partial charge is 0.378 e. The van der Waals surface area contributed by atoms with Crippen molar-refractivity contribution >= 4 is 17.5 Å². The summed E-state index contributed by atoms with van der Waals surface area (Å²) in [5.74, 6) is 5.98. The normalized spacial score (nSPS) is 15.6. The van der Waals surface area contributed by atoms with Gasteiger partial charge in [-0.2, -0.15) is 0 Å². The maximum absolute atomic E-state index is 12.5. The minimum atomic E-state index is -0.993. The Hall–Kier alpha value is -2.32. The summed E-state index contributed by atoms with van der Waals surface area (Å²) in [6.45, 7) is 6.97. The molecule has 1 saturated heterocycles. The van der Waals surface area contributed by atoms with Crippen molar-refractivity contribution in [2.75, 3.05) is 19.6 Å². The van der Waals surface area contributed by atoms with Crippen molar-refractivity contribution < 1.29 is 9.90 Å². The molecule has 29 heavy (non-hydrogen) atoms. The molecule has 1 aliphatic rings. The van der Waals surface area contributed by atoms with Gasteiger partial charge in [-0.15, -0.1) is 0 Å². The van der Waals surface area contributed by atoms with Crippen LogP contribution in [0.15, 0.2) is 48.5 Å². The Morgan fingerprint density at radius 2 is 1.76 bits per heavy atom. The molecular formula is C24H27ClN2O2. The molecule has 0 saturated carbocycles. The van der Waals surface area contributed by atoms with Crippen molar-refractivity contribution in [1.29, 1.82) is 0 Å². The van der Waals surface area contributed by atoms with Gasteiger partial charge in [0.2, 0.25) is 5.91 Å². The number of hydrogen-bond acceptors (Lipinski definition) is 3. The molecule has 0 unspecified atom stereocenters. The predicted octanol–water partition coefficient (Wildman–Crippen LogP) is 3.70. The zero-order chi connectivity index (χ0) is 20.9. The molecule has 1 N–H and O–H groups in total. The minimum absolute atomic E-state index is 0.171. The van der Waals surface area contributed by atoms with E-state index in [1.54, 1.807) is 13.8 Å². The van der Waals surface area contributed by atoms with Gasteiger partial charge in [0.05, 0.1) is 0 Å². The molecule has 0 aromatic heterocycles. The third kappa shape index (κ3) is 6.61. The van der Waals surface area contributed by atoms with E-state index in [9.17, 15) is 9.90 Å². The van der Waals surface area contributed by atoms with E-state index in [-0.39, 0.29) is 5.91 Å². The molecule has 4 nitrogen and oxygen atoms in total. The summed E-state index contributed by atoms with van der Waals surface area (Å²) >= 11 is 6.26. The van der Waals surface area contributed by atoms with E-state index in [4.69, 9.17) is 11.6 Å². The smallest absolute Gasteiger partial charge is 0.224 e. The number of rotatable bonds is 4. The molecule has 5 heteroatoms. The third-order valence-corrected chi connectivity index (χ3v) is 5.24. The van der Waals surface area contributed by atoms with Crippen LogP contribution in [0.5, 0.6) is 0 Å². The average Bonchev–Trinajstić information content (AvgIpc) is 2.85. The van der Waals surface area contributed by atoms with Gasteiger partial charge in [-0.3, -0.25) is 9.69 Å². The van der Waals surface area contributed by atoms with Crippen LogP contribution in [0, 0.1) is 11.8 Å². The molecule has 0 bridgehead atoms. The van der Waals surface area contributed by atoms with Crippen LogP contribution in [0.25, 0.3) is 0 Å². The molecule has 1 heterocycles. The van der Waals surface area contributed by atoms with E-state index < -0.39 is 5.60 Å². The van der Waals surface area contributed by atoms with E-state index in [0.717, 1.165) is 30.8 Å². The van der Waals surface area contributed by atoms with Gasteiger partial charge in [-0.05, 0) is 43.2 Å². The highest BCUT2D eigenvalue weighted by molar-refractivity contribution is 6.31. The van der Waals surface area contributed by atoms with Crippen LogP contribution in [-0.2, 0) is 17.9 Å². The molecule has 2 aromatic rings. The third-order valence-electron chi connectivity index (χ3n) is 4.87. The van der Waals surface area contributed by atoms with Gasteiger partial charge >= 0.3 is 0 Å². The maximum atomic E-state index is 12.5. The Kier molecular flexibility index (Phi) is 6.97. The Morgan fingerprint density at radius 1 is 1.03 bits per heavy atom. The molecule has 0 radical (unpaired) electrons. The van der Waals surface area contributed by atoms with Gasteiger partial charge in [0, 0.05) is 49.7 Å². The van der Waals surface area contributed by atoms with E-state index >= 15 is 0 Å². The molecule has 0 aliphatic carbocycles. The van der Waals surface area contributed by atoms with E-state index in [1.165, 1.54) is 5.56 Å². The lowest BCUT2D eigenvalue weighted by molar-refractivity contribution is -0.130. The van der Waals surface area contributed by atoms with Gasteiger partial charge < -0.3 is 10.0 Å².